The molecule has 1 aromatic carbocycles. The van der Waals surface area contributed by atoms with E-state index in [1.807, 2.05) is 6.07 Å². The Bertz CT molecular complexity index is 686. The standard InChI is InChI=1S/C15H17N3O5S/c1-10(14(19)17(2)8-4-7-16)23-15(20)11-5-6-13(24-3)12(9-11)18(21)22/h5-6,9-10H,4,8H2,1-3H3/t10-/m0/s1. The quantitative estimate of drug-likeness (QED) is 0.320. The number of esters is 1. The number of hydrogen-bond donors (Lipinski definition) is 0. The van der Waals surface area contributed by atoms with Crippen molar-refractivity contribution in [1.82, 2.24) is 4.90 Å². The Balaban J connectivity index is 2.84. The Hall–Kier alpha value is -2.60. The number of nitriles is 1. The minimum absolute atomic E-state index is 0.00109. The third kappa shape index (κ3) is 4.96. The van der Waals surface area contributed by atoms with Gasteiger partial charge >= 0.3 is 5.97 Å². The van der Waals surface area contributed by atoms with Crippen LogP contribution in [-0.2, 0) is 9.53 Å². The van der Waals surface area contributed by atoms with Crippen LogP contribution in [0.15, 0.2) is 23.1 Å². The molecular formula is C15H17N3O5S. The van der Waals surface area contributed by atoms with Gasteiger partial charge in [-0.15, -0.1) is 11.8 Å². The molecule has 1 rings (SSSR count). The number of rotatable bonds is 7. The monoisotopic (exact) mass is 351 g/mol. The molecule has 1 aromatic rings. The molecule has 0 saturated carbocycles. The molecule has 0 heterocycles. The van der Waals surface area contributed by atoms with E-state index in [1.54, 1.807) is 6.26 Å². The number of hydrogen-bond acceptors (Lipinski definition) is 7. The average molecular weight is 351 g/mol. The van der Waals surface area contributed by atoms with Crippen molar-refractivity contribution in [3.05, 3.63) is 33.9 Å². The maximum Gasteiger partial charge on any atom is 0.339 e. The van der Waals surface area contributed by atoms with Crippen LogP contribution < -0.4 is 0 Å². The first-order chi connectivity index (χ1) is 11.3. The number of ether oxygens (including phenoxy) is 1. The van der Waals surface area contributed by atoms with Gasteiger partial charge in [0, 0.05) is 19.7 Å². The molecule has 0 saturated heterocycles. The van der Waals surface area contributed by atoms with Crippen LogP contribution in [0.3, 0.4) is 0 Å². The van der Waals surface area contributed by atoms with Crippen LogP contribution in [0.2, 0.25) is 0 Å². The van der Waals surface area contributed by atoms with E-state index in [0.29, 0.717) is 4.90 Å². The number of thioether (sulfide) groups is 1. The molecule has 24 heavy (non-hydrogen) atoms. The molecule has 9 heteroatoms. The highest BCUT2D eigenvalue weighted by Gasteiger charge is 2.24. The van der Waals surface area contributed by atoms with Gasteiger partial charge in [0.25, 0.3) is 11.6 Å². The van der Waals surface area contributed by atoms with E-state index in [-0.39, 0.29) is 24.2 Å². The van der Waals surface area contributed by atoms with Crippen molar-refractivity contribution >= 4 is 29.3 Å². The summed E-state index contributed by atoms with van der Waals surface area (Å²) in [6.07, 6.45) is 0.809. The molecule has 0 aliphatic heterocycles. The van der Waals surface area contributed by atoms with Gasteiger partial charge in [0.15, 0.2) is 6.10 Å². The Labute approximate surface area is 143 Å². The maximum absolute atomic E-state index is 12.1. The summed E-state index contributed by atoms with van der Waals surface area (Å²) in [6, 6.07) is 5.93. The van der Waals surface area contributed by atoms with Crippen molar-refractivity contribution in [2.45, 2.75) is 24.3 Å². The number of amides is 1. The summed E-state index contributed by atoms with van der Waals surface area (Å²) < 4.78 is 5.07. The average Bonchev–Trinajstić information content (AvgIpc) is 2.57. The SMILES string of the molecule is CSc1ccc(C(=O)O[C@@H](C)C(=O)N(C)CCC#N)cc1[N+](=O)[O-]. The zero-order valence-electron chi connectivity index (χ0n) is 13.5. The van der Waals surface area contributed by atoms with Crippen molar-refractivity contribution in [2.24, 2.45) is 0 Å². The second kappa shape index (κ2) is 8.88. The lowest BCUT2D eigenvalue weighted by Gasteiger charge is -2.20. The zero-order chi connectivity index (χ0) is 18.3. The molecule has 0 fully saturated rings. The number of nitrogens with zero attached hydrogens (tertiary/aromatic N) is 3. The van der Waals surface area contributed by atoms with Crippen molar-refractivity contribution in [1.29, 1.82) is 5.26 Å². The molecule has 0 bridgehead atoms. The predicted octanol–water partition coefficient (Wildman–Crippen LogP) is 2.23. The molecule has 0 aromatic heterocycles. The van der Waals surface area contributed by atoms with Gasteiger partial charge in [-0.1, -0.05) is 0 Å². The van der Waals surface area contributed by atoms with Gasteiger partial charge in [0.1, 0.15) is 0 Å². The lowest BCUT2D eigenvalue weighted by molar-refractivity contribution is -0.387. The van der Waals surface area contributed by atoms with Gasteiger partial charge in [0.2, 0.25) is 0 Å². The third-order valence-corrected chi connectivity index (χ3v) is 3.96. The first kappa shape index (κ1) is 19.4. The summed E-state index contributed by atoms with van der Waals surface area (Å²) in [5.74, 6) is -1.27. The van der Waals surface area contributed by atoms with Gasteiger partial charge in [0.05, 0.1) is 27.9 Å². The lowest BCUT2D eigenvalue weighted by Crippen LogP contribution is -2.37. The minimum atomic E-state index is -1.06. The fourth-order valence-corrected chi connectivity index (χ4v) is 2.42. The Kier molecular flexibility index (Phi) is 7.20. The van der Waals surface area contributed by atoms with Gasteiger partial charge < -0.3 is 9.64 Å². The van der Waals surface area contributed by atoms with E-state index in [0.717, 1.165) is 6.07 Å². The fraction of sp³-hybridized carbons (Fsp3) is 0.400. The number of nitro benzene ring substituents is 1. The van der Waals surface area contributed by atoms with Crippen LogP contribution in [0.25, 0.3) is 0 Å². The molecule has 8 nitrogen and oxygen atoms in total. The first-order valence-electron chi connectivity index (χ1n) is 6.97. The van der Waals surface area contributed by atoms with Crippen molar-refractivity contribution < 1.29 is 19.2 Å². The van der Waals surface area contributed by atoms with Gasteiger partial charge in [-0.2, -0.15) is 5.26 Å². The van der Waals surface area contributed by atoms with Gasteiger partial charge in [-0.25, -0.2) is 4.79 Å². The van der Waals surface area contributed by atoms with Crippen LogP contribution in [0.4, 0.5) is 5.69 Å². The first-order valence-corrected chi connectivity index (χ1v) is 8.19. The van der Waals surface area contributed by atoms with Crippen LogP contribution in [-0.4, -0.2) is 47.7 Å². The number of nitro groups is 1. The van der Waals surface area contributed by atoms with Crippen LogP contribution in [0.1, 0.15) is 23.7 Å². The van der Waals surface area contributed by atoms with Crippen molar-refractivity contribution in [3.8, 4) is 6.07 Å². The number of carbonyl (C=O) groups excluding carboxylic acids is 2. The summed E-state index contributed by atoms with van der Waals surface area (Å²) in [5.41, 5.74) is -0.194. The molecule has 128 valence electrons. The highest BCUT2D eigenvalue weighted by atomic mass is 32.2. The van der Waals surface area contributed by atoms with E-state index in [1.165, 1.54) is 42.8 Å². The summed E-state index contributed by atoms with van der Waals surface area (Å²) in [6.45, 7) is 1.64. The molecule has 0 aliphatic carbocycles. The fourth-order valence-electron chi connectivity index (χ4n) is 1.88. The smallest absolute Gasteiger partial charge is 0.339 e. The predicted molar refractivity (Wildman–Crippen MR) is 87.6 cm³/mol. The normalized spacial score (nSPS) is 11.2. The second-order valence-corrected chi connectivity index (χ2v) is 5.71. The molecule has 0 aliphatic rings. The second-order valence-electron chi connectivity index (χ2n) is 4.86. The van der Waals surface area contributed by atoms with Crippen LogP contribution in [0.5, 0.6) is 0 Å². The zero-order valence-corrected chi connectivity index (χ0v) is 14.3. The summed E-state index contributed by atoms with van der Waals surface area (Å²) in [7, 11) is 1.50. The number of likely N-dealkylation sites (N-methyl/N-ethyl adjacent to an activating group) is 1. The Morgan fingerprint density at radius 2 is 2.17 bits per heavy atom. The van der Waals surface area contributed by atoms with Crippen molar-refractivity contribution in [2.75, 3.05) is 19.8 Å². The summed E-state index contributed by atoms with van der Waals surface area (Å²) >= 11 is 1.19. The minimum Gasteiger partial charge on any atom is -0.449 e. The van der Waals surface area contributed by atoms with E-state index < -0.39 is 22.9 Å². The molecule has 1 amide bonds. The van der Waals surface area contributed by atoms with E-state index >= 15 is 0 Å². The number of benzene rings is 1. The van der Waals surface area contributed by atoms with Crippen LogP contribution in [0, 0.1) is 21.4 Å². The molecule has 0 unspecified atom stereocenters. The third-order valence-electron chi connectivity index (χ3n) is 3.18. The van der Waals surface area contributed by atoms with Crippen molar-refractivity contribution in [3.63, 3.8) is 0 Å². The van der Waals surface area contributed by atoms with E-state index in [2.05, 4.69) is 0 Å². The Morgan fingerprint density at radius 1 is 1.50 bits per heavy atom. The lowest BCUT2D eigenvalue weighted by atomic mass is 10.2. The summed E-state index contributed by atoms with van der Waals surface area (Å²) in [4.78, 5) is 36.3. The van der Waals surface area contributed by atoms with Crippen LogP contribution >= 0.6 is 11.8 Å². The van der Waals surface area contributed by atoms with Gasteiger partial charge in [-0.05, 0) is 25.3 Å². The largest absolute Gasteiger partial charge is 0.449 e. The van der Waals surface area contributed by atoms with E-state index in [9.17, 15) is 19.7 Å². The van der Waals surface area contributed by atoms with Gasteiger partial charge in [-0.3, -0.25) is 14.9 Å². The molecular weight excluding hydrogens is 334 g/mol. The molecule has 0 N–H and O–H groups in total. The highest BCUT2D eigenvalue weighted by molar-refractivity contribution is 7.98. The van der Waals surface area contributed by atoms with E-state index in [4.69, 9.17) is 10.00 Å². The molecule has 0 radical (unpaired) electrons. The molecule has 1 atom stereocenters. The maximum atomic E-state index is 12.1. The Morgan fingerprint density at radius 3 is 2.71 bits per heavy atom. The summed E-state index contributed by atoms with van der Waals surface area (Å²) in [5, 5.41) is 19.5. The highest BCUT2D eigenvalue weighted by Crippen LogP contribution is 2.28. The molecule has 0 spiro atoms. The number of carbonyl (C=O) groups is 2. The topological polar surface area (TPSA) is 114 Å².